The molecule has 106 valence electrons. The molecule has 0 aliphatic heterocycles. The van der Waals surface area contributed by atoms with Crippen molar-refractivity contribution in [1.29, 1.82) is 0 Å². The van der Waals surface area contributed by atoms with Gasteiger partial charge >= 0.3 is 5.97 Å². The molecule has 1 aromatic heterocycles. The zero-order chi connectivity index (χ0) is 14.4. The molecule has 0 saturated carbocycles. The number of ether oxygens (including phenoxy) is 1. The lowest BCUT2D eigenvalue weighted by atomic mass is 10.2. The Balaban J connectivity index is 1.90. The summed E-state index contributed by atoms with van der Waals surface area (Å²) in [5, 5.41) is 3.14. The highest BCUT2D eigenvalue weighted by Gasteiger charge is 2.12. The summed E-state index contributed by atoms with van der Waals surface area (Å²) in [5.74, 6) is -0.220. The molecule has 0 radical (unpaired) electrons. The monoisotopic (exact) mass is 273 g/mol. The maximum atomic E-state index is 11.5. The highest BCUT2D eigenvalue weighted by Crippen LogP contribution is 2.09. The molecule has 1 N–H and O–H groups in total. The summed E-state index contributed by atoms with van der Waals surface area (Å²) in [6, 6.07) is 7.80. The highest BCUT2D eigenvalue weighted by molar-refractivity contribution is 5.75. The van der Waals surface area contributed by atoms with E-state index in [1.54, 1.807) is 26.4 Å². The van der Waals surface area contributed by atoms with Crippen molar-refractivity contribution in [3.8, 4) is 5.69 Å². The standard InChI is InChI=1S/C15H19N3O2/c1-3-20-15(19)12(2)17-10-13-4-6-14(7-5-13)18-9-8-16-11-18/h4-9,11-12,17H,3,10H2,1-2H3. The lowest BCUT2D eigenvalue weighted by Gasteiger charge is -2.12. The molecule has 0 fully saturated rings. The molecule has 5 heteroatoms. The molecule has 1 unspecified atom stereocenters. The van der Waals surface area contributed by atoms with E-state index in [4.69, 9.17) is 4.74 Å². The van der Waals surface area contributed by atoms with E-state index in [0.717, 1.165) is 11.3 Å². The maximum Gasteiger partial charge on any atom is 0.322 e. The van der Waals surface area contributed by atoms with Crippen molar-refractivity contribution in [3.63, 3.8) is 0 Å². The summed E-state index contributed by atoms with van der Waals surface area (Å²) in [4.78, 5) is 15.5. The van der Waals surface area contributed by atoms with E-state index in [9.17, 15) is 4.79 Å². The first-order chi connectivity index (χ1) is 9.70. The number of benzene rings is 1. The summed E-state index contributed by atoms with van der Waals surface area (Å²) in [5.41, 5.74) is 2.18. The van der Waals surface area contributed by atoms with Gasteiger partial charge < -0.3 is 14.6 Å². The molecule has 5 nitrogen and oxygen atoms in total. The molecule has 20 heavy (non-hydrogen) atoms. The molecule has 2 aromatic rings. The lowest BCUT2D eigenvalue weighted by Crippen LogP contribution is -2.34. The molecule has 0 saturated heterocycles. The minimum atomic E-state index is -0.303. The van der Waals surface area contributed by atoms with E-state index in [0.29, 0.717) is 13.2 Å². The topological polar surface area (TPSA) is 56.1 Å². The number of carbonyl (C=O) groups is 1. The van der Waals surface area contributed by atoms with E-state index in [-0.39, 0.29) is 12.0 Å². The maximum absolute atomic E-state index is 11.5. The SMILES string of the molecule is CCOC(=O)C(C)NCc1ccc(-n2ccnc2)cc1. The summed E-state index contributed by atoms with van der Waals surface area (Å²) >= 11 is 0. The average molecular weight is 273 g/mol. The van der Waals surface area contributed by atoms with Gasteiger partial charge in [-0.3, -0.25) is 4.79 Å². The van der Waals surface area contributed by atoms with E-state index in [2.05, 4.69) is 10.3 Å². The van der Waals surface area contributed by atoms with Crippen molar-refractivity contribution in [2.24, 2.45) is 0 Å². The predicted molar refractivity (Wildman–Crippen MR) is 76.5 cm³/mol. The van der Waals surface area contributed by atoms with Crippen molar-refractivity contribution in [3.05, 3.63) is 48.5 Å². The van der Waals surface area contributed by atoms with Gasteiger partial charge in [-0.25, -0.2) is 4.98 Å². The number of nitrogens with zero attached hydrogens (tertiary/aromatic N) is 2. The van der Waals surface area contributed by atoms with Gasteiger partial charge in [0, 0.05) is 24.6 Å². The molecule has 0 spiro atoms. The van der Waals surface area contributed by atoms with Crippen molar-refractivity contribution < 1.29 is 9.53 Å². The first-order valence-electron chi connectivity index (χ1n) is 6.68. The summed E-state index contributed by atoms with van der Waals surface area (Å²) in [6.07, 6.45) is 5.41. The molecule has 0 aliphatic carbocycles. The Hall–Kier alpha value is -2.14. The minimum Gasteiger partial charge on any atom is -0.465 e. The van der Waals surface area contributed by atoms with Crippen molar-refractivity contribution in [1.82, 2.24) is 14.9 Å². The van der Waals surface area contributed by atoms with Gasteiger partial charge in [-0.1, -0.05) is 12.1 Å². The van der Waals surface area contributed by atoms with E-state index >= 15 is 0 Å². The van der Waals surface area contributed by atoms with Crippen LogP contribution in [0.3, 0.4) is 0 Å². The number of hydrogen-bond acceptors (Lipinski definition) is 4. The molecule has 1 heterocycles. The molecule has 1 aromatic carbocycles. The van der Waals surface area contributed by atoms with Crippen LogP contribution >= 0.6 is 0 Å². The minimum absolute atomic E-state index is 0.220. The number of carbonyl (C=O) groups excluding carboxylic acids is 1. The smallest absolute Gasteiger partial charge is 0.322 e. The average Bonchev–Trinajstić information content (AvgIpc) is 2.99. The Bertz CT molecular complexity index is 535. The fourth-order valence-corrected chi connectivity index (χ4v) is 1.82. The first-order valence-corrected chi connectivity index (χ1v) is 6.68. The van der Waals surface area contributed by atoms with Crippen LogP contribution in [0.25, 0.3) is 5.69 Å². The predicted octanol–water partition coefficient (Wildman–Crippen LogP) is 1.91. The van der Waals surface area contributed by atoms with Gasteiger partial charge in [0.05, 0.1) is 12.9 Å². The summed E-state index contributed by atoms with van der Waals surface area (Å²) in [6.45, 7) is 4.64. The number of aromatic nitrogens is 2. The Kier molecular flexibility index (Phi) is 4.90. The second-order valence-electron chi connectivity index (χ2n) is 4.49. The zero-order valence-electron chi connectivity index (χ0n) is 11.7. The van der Waals surface area contributed by atoms with Crippen LogP contribution in [0.2, 0.25) is 0 Å². The number of imidazole rings is 1. The fourth-order valence-electron chi connectivity index (χ4n) is 1.82. The Morgan fingerprint density at radius 3 is 2.75 bits per heavy atom. The quantitative estimate of drug-likeness (QED) is 0.817. The second kappa shape index (κ2) is 6.86. The van der Waals surface area contributed by atoms with Crippen molar-refractivity contribution >= 4 is 5.97 Å². The second-order valence-corrected chi connectivity index (χ2v) is 4.49. The molecule has 0 aliphatic rings. The van der Waals surface area contributed by atoms with Gasteiger partial charge in [-0.05, 0) is 31.5 Å². The van der Waals surface area contributed by atoms with Crippen LogP contribution in [0, 0.1) is 0 Å². The third-order valence-corrected chi connectivity index (χ3v) is 2.99. The van der Waals surface area contributed by atoms with Gasteiger partial charge in [-0.15, -0.1) is 0 Å². The molecule has 1 atom stereocenters. The lowest BCUT2D eigenvalue weighted by molar-refractivity contribution is -0.145. The Morgan fingerprint density at radius 2 is 2.15 bits per heavy atom. The normalized spacial score (nSPS) is 12.1. The number of hydrogen-bond donors (Lipinski definition) is 1. The van der Waals surface area contributed by atoms with Gasteiger partial charge in [-0.2, -0.15) is 0 Å². The van der Waals surface area contributed by atoms with Crippen LogP contribution in [0.4, 0.5) is 0 Å². The van der Waals surface area contributed by atoms with Crippen LogP contribution in [0.1, 0.15) is 19.4 Å². The van der Waals surface area contributed by atoms with Gasteiger partial charge in [0.2, 0.25) is 0 Å². The van der Waals surface area contributed by atoms with Crippen molar-refractivity contribution in [2.45, 2.75) is 26.4 Å². The van der Waals surface area contributed by atoms with Crippen LogP contribution in [0.15, 0.2) is 43.0 Å². The third kappa shape index (κ3) is 3.68. The third-order valence-electron chi connectivity index (χ3n) is 2.99. The first kappa shape index (κ1) is 14.3. The summed E-state index contributed by atoms with van der Waals surface area (Å²) in [7, 11) is 0. The van der Waals surface area contributed by atoms with E-state index < -0.39 is 0 Å². The van der Waals surface area contributed by atoms with Crippen molar-refractivity contribution in [2.75, 3.05) is 6.61 Å². The van der Waals surface area contributed by atoms with Gasteiger partial charge in [0.25, 0.3) is 0 Å². The highest BCUT2D eigenvalue weighted by atomic mass is 16.5. The zero-order valence-corrected chi connectivity index (χ0v) is 11.7. The van der Waals surface area contributed by atoms with E-state index in [1.807, 2.05) is 35.0 Å². The van der Waals surface area contributed by atoms with Crippen LogP contribution in [-0.2, 0) is 16.1 Å². The van der Waals surface area contributed by atoms with E-state index in [1.165, 1.54) is 0 Å². The Labute approximate surface area is 118 Å². The fraction of sp³-hybridized carbons (Fsp3) is 0.333. The molecular formula is C15H19N3O2. The van der Waals surface area contributed by atoms with Crippen LogP contribution in [0.5, 0.6) is 0 Å². The number of nitrogens with one attached hydrogen (secondary N) is 1. The molecule has 0 bridgehead atoms. The largest absolute Gasteiger partial charge is 0.465 e. The van der Waals surface area contributed by atoms with Crippen LogP contribution in [-0.4, -0.2) is 28.2 Å². The van der Waals surface area contributed by atoms with Gasteiger partial charge in [0.1, 0.15) is 6.04 Å². The number of rotatable bonds is 6. The number of esters is 1. The van der Waals surface area contributed by atoms with Gasteiger partial charge in [0.15, 0.2) is 0 Å². The molecule has 2 rings (SSSR count). The van der Waals surface area contributed by atoms with Crippen LogP contribution < -0.4 is 5.32 Å². The molecule has 0 amide bonds. The molecular weight excluding hydrogens is 254 g/mol. The summed E-state index contributed by atoms with van der Waals surface area (Å²) < 4.78 is 6.89. The Morgan fingerprint density at radius 1 is 1.40 bits per heavy atom.